The van der Waals surface area contributed by atoms with Gasteiger partial charge in [0, 0.05) is 6.42 Å². The van der Waals surface area contributed by atoms with Crippen molar-refractivity contribution in [3.05, 3.63) is 64.7 Å². The van der Waals surface area contributed by atoms with Gasteiger partial charge >= 0.3 is 0 Å². The van der Waals surface area contributed by atoms with Crippen molar-refractivity contribution >= 4 is 39.8 Å². The second kappa shape index (κ2) is 10.0. The van der Waals surface area contributed by atoms with Crippen molar-refractivity contribution in [2.24, 2.45) is 10.1 Å². The Bertz CT molecular complexity index is 1170. The van der Waals surface area contributed by atoms with Crippen LogP contribution in [0.2, 0.25) is 0 Å². The molecule has 2 heterocycles. The summed E-state index contributed by atoms with van der Waals surface area (Å²) in [4.78, 5) is 16.5. The van der Waals surface area contributed by atoms with E-state index in [-0.39, 0.29) is 11.4 Å². The van der Waals surface area contributed by atoms with Gasteiger partial charge in [-0.3, -0.25) is 10.2 Å². The summed E-state index contributed by atoms with van der Waals surface area (Å²) >= 11 is 1.33. The minimum atomic E-state index is -0.421. The minimum Gasteiger partial charge on any atom is -0.493 e. The van der Waals surface area contributed by atoms with Crippen LogP contribution in [0.4, 0.5) is 0 Å². The van der Waals surface area contributed by atoms with Crippen LogP contribution in [0.1, 0.15) is 36.5 Å². The summed E-state index contributed by atoms with van der Waals surface area (Å²) in [5.41, 5.74) is 3.36. The molecule has 0 bridgehead atoms. The van der Waals surface area contributed by atoms with Gasteiger partial charge in [0.15, 0.2) is 5.84 Å². The van der Waals surface area contributed by atoms with Gasteiger partial charge in [0.25, 0.3) is 5.91 Å². The number of hydrazone groups is 1. The van der Waals surface area contributed by atoms with Gasteiger partial charge in [-0.1, -0.05) is 36.8 Å². The van der Waals surface area contributed by atoms with Crippen molar-refractivity contribution in [2.45, 2.75) is 33.6 Å². The van der Waals surface area contributed by atoms with E-state index in [2.05, 4.69) is 23.1 Å². The molecule has 0 unspecified atom stereocenters. The van der Waals surface area contributed by atoms with E-state index >= 15 is 0 Å². The molecule has 1 amide bonds. The first kappa shape index (κ1) is 22.8. The molecule has 2 aromatic carbocycles. The predicted molar refractivity (Wildman–Crippen MR) is 133 cm³/mol. The zero-order valence-electron chi connectivity index (χ0n) is 18.9. The molecule has 33 heavy (non-hydrogen) atoms. The highest BCUT2D eigenvalue weighted by Gasteiger charge is 2.34. The minimum absolute atomic E-state index is 0.0464. The lowest BCUT2D eigenvalue weighted by Gasteiger charge is -2.20. The van der Waals surface area contributed by atoms with Crippen molar-refractivity contribution in [1.82, 2.24) is 5.01 Å². The number of benzene rings is 2. The van der Waals surface area contributed by atoms with E-state index in [1.54, 1.807) is 6.08 Å². The van der Waals surface area contributed by atoms with Crippen molar-refractivity contribution in [3.63, 3.8) is 0 Å². The third kappa shape index (κ3) is 5.34. The quantitative estimate of drug-likeness (QED) is 0.431. The molecule has 0 atom stereocenters. The van der Waals surface area contributed by atoms with Gasteiger partial charge in [0.1, 0.15) is 16.5 Å². The van der Waals surface area contributed by atoms with Gasteiger partial charge in [0.05, 0.1) is 18.8 Å². The molecule has 2 aliphatic rings. The van der Waals surface area contributed by atoms with Crippen LogP contribution in [0.15, 0.2) is 58.1 Å². The smallest absolute Gasteiger partial charge is 0.283 e. The van der Waals surface area contributed by atoms with E-state index < -0.39 is 5.91 Å². The Hall–Kier alpha value is -3.39. The monoisotopic (exact) mass is 462 g/mol. The Kier molecular flexibility index (Phi) is 6.93. The largest absolute Gasteiger partial charge is 0.493 e. The number of carbonyl (C=O) groups is 1. The number of ether oxygens (including phenoxy) is 2. The molecule has 0 spiro atoms. The van der Waals surface area contributed by atoms with Crippen molar-refractivity contribution in [3.8, 4) is 11.5 Å². The summed E-state index contributed by atoms with van der Waals surface area (Å²) in [6.07, 6.45) is 3.16. The highest BCUT2D eigenvalue weighted by Crippen LogP contribution is 2.29. The number of carbonyl (C=O) groups excluding carboxylic acids is 1. The molecule has 0 aromatic heterocycles. The second-order valence-corrected chi connectivity index (χ2v) is 8.80. The molecule has 0 radical (unpaired) electrons. The first-order chi connectivity index (χ1) is 15.9. The van der Waals surface area contributed by atoms with Crippen LogP contribution in [-0.2, 0) is 4.79 Å². The maximum Gasteiger partial charge on any atom is 0.283 e. The van der Waals surface area contributed by atoms with Crippen LogP contribution in [0.3, 0.4) is 0 Å². The number of nitrogens with one attached hydrogen (secondary N) is 1. The lowest BCUT2D eigenvalue weighted by Crippen LogP contribution is -2.35. The number of amides is 1. The zero-order chi connectivity index (χ0) is 23.4. The normalized spacial score (nSPS) is 16.6. The van der Waals surface area contributed by atoms with Crippen LogP contribution in [0.25, 0.3) is 6.08 Å². The zero-order valence-corrected chi connectivity index (χ0v) is 19.7. The Morgan fingerprint density at radius 2 is 1.85 bits per heavy atom. The van der Waals surface area contributed by atoms with Crippen LogP contribution in [0, 0.1) is 19.3 Å². The first-order valence-electron chi connectivity index (χ1n) is 10.9. The van der Waals surface area contributed by atoms with E-state index in [9.17, 15) is 4.79 Å². The average Bonchev–Trinajstić information content (AvgIpc) is 3.22. The highest BCUT2D eigenvalue weighted by molar-refractivity contribution is 8.26. The molecule has 8 heteroatoms. The number of rotatable bonds is 8. The van der Waals surface area contributed by atoms with Gasteiger partial charge in [-0.15, -0.1) is 0 Å². The highest BCUT2D eigenvalue weighted by atomic mass is 32.2. The summed E-state index contributed by atoms with van der Waals surface area (Å²) in [7, 11) is 0. The molecule has 0 saturated carbocycles. The molecule has 170 valence electrons. The Labute approximate surface area is 197 Å². The Morgan fingerprint density at radius 3 is 2.58 bits per heavy atom. The fraction of sp³-hybridized carbons (Fsp3) is 0.280. The van der Waals surface area contributed by atoms with Crippen LogP contribution < -0.4 is 9.47 Å². The van der Waals surface area contributed by atoms with Crippen molar-refractivity contribution < 1.29 is 14.3 Å². The molecule has 2 aromatic rings. The fourth-order valence-electron chi connectivity index (χ4n) is 3.39. The summed E-state index contributed by atoms with van der Waals surface area (Å²) in [5, 5.41) is 15.5. The number of amidine groups is 2. The van der Waals surface area contributed by atoms with Crippen LogP contribution in [0.5, 0.6) is 11.5 Å². The number of hydrogen-bond donors (Lipinski definition) is 1. The number of aryl methyl sites for hydroxylation is 2. The van der Waals surface area contributed by atoms with Gasteiger partial charge < -0.3 is 9.47 Å². The first-order valence-corrected chi connectivity index (χ1v) is 11.7. The molecular weight excluding hydrogens is 436 g/mol. The third-order valence-electron chi connectivity index (χ3n) is 5.14. The molecule has 0 saturated heterocycles. The molecule has 7 nitrogen and oxygen atoms in total. The molecule has 2 aliphatic heterocycles. The van der Waals surface area contributed by atoms with E-state index in [1.807, 2.05) is 50.2 Å². The fourth-order valence-corrected chi connectivity index (χ4v) is 4.22. The van der Waals surface area contributed by atoms with Gasteiger partial charge in [-0.25, -0.2) is 0 Å². The summed E-state index contributed by atoms with van der Waals surface area (Å²) in [6.45, 7) is 7.21. The summed E-state index contributed by atoms with van der Waals surface area (Å²) in [5.74, 6) is 1.27. The van der Waals surface area contributed by atoms with Crippen molar-refractivity contribution in [2.75, 3.05) is 13.2 Å². The standard InChI is InChI=1S/C25H26N4O3S/c1-4-22-28-29-23(26)20(24(30)27-25(29)33-22)15-18-7-9-19(10-8-18)31-12-5-13-32-21-11-6-16(2)14-17(21)3/h6-11,14-15,26H,4-5,12-13H2,1-3H3/b20-15+,26-23?. The van der Waals surface area contributed by atoms with Crippen LogP contribution in [-0.4, -0.2) is 40.2 Å². The number of nitrogens with zero attached hydrogens (tertiary/aromatic N) is 3. The number of aliphatic imine (C=N–C) groups is 1. The lowest BCUT2D eigenvalue weighted by molar-refractivity contribution is -0.114. The Balaban J connectivity index is 1.30. The molecule has 0 fully saturated rings. The number of thioether (sulfide) groups is 1. The maximum atomic E-state index is 12.4. The number of fused-ring (bicyclic) bond motifs is 1. The molecule has 4 rings (SSSR count). The molecular formula is C25H26N4O3S. The van der Waals surface area contributed by atoms with Crippen molar-refractivity contribution in [1.29, 1.82) is 5.41 Å². The molecule has 0 aliphatic carbocycles. The van der Waals surface area contributed by atoms with Gasteiger partial charge in [0.2, 0.25) is 5.17 Å². The average molecular weight is 463 g/mol. The maximum absolute atomic E-state index is 12.4. The lowest BCUT2D eigenvalue weighted by atomic mass is 10.1. The van der Waals surface area contributed by atoms with E-state index in [4.69, 9.17) is 14.9 Å². The van der Waals surface area contributed by atoms with E-state index in [0.717, 1.165) is 40.5 Å². The van der Waals surface area contributed by atoms with E-state index in [0.29, 0.717) is 18.4 Å². The topological polar surface area (TPSA) is 87.3 Å². The summed E-state index contributed by atoms with van der Waals surface area (Å²) in [6, 6.07) is 13.6. The van der Waals surface area contributed by atoms with Gasteiger partial charge in [-0.05, 0) is 67.4 Å². The SMILES string of the molecule is CCC1=NN2C(=N)/C(=C\c3ccc(OCCCOc4ccc(C)cc4C)cc3)C(=O)N=C2S1. The third-order valence-corrected chi connectivity index (χ3v) is 6.19. The molecule has 1 N–H and O–H groups in total. The second-order valence-electron chi connectivity index (χ2n) is 7.76. The summed E-state index contributed by atoms with van der Waals surface area (Å²) < 4.78 is 11.6. The van der Waals surface area contributed by atoms with Gasteiger partial charge in [-0.2, -0.15) is 15.1 Å². The predicted octanol–water partition coefficient (Wildman–Crippen LogP) is 5.18. The number of hydrogen-bond acceptors (Lipinski definition) is 6. The van der Waals surface area contributed by atoms with E-state index in [1.165, 1.54) is 22.3 Å². The Morgan fingerprint density at radius 1 is 1.09 bits per heavy atom. The van der Waals surface area contributed by atoms with Crippen LogP contribution >= 0.6 is 11.8 Å².